The molecule has 0 aliphatic heterocycles. The fraction of sp³-hybridized carbons (Fsp3) is 0.368. The van der Waals surface area contributed by atoms with Gasteiger partial charge in [-0.05, 0) is 49.2 Å². The number of carbonyl (C=O) groups excluding carboxylic acids is 1. The van der Waals surface area contributed by atoms with Gasteiger partial charge in [0.15, 0.2) is 6.61 Å². The Kier molecular flexibility index (Phi) is 6.12. The van der Waals surface area contributed by atoms with Crippen LogP contribution in [0.1, 0.15) is 32.1 Å². The summed E-state index contributed by atoms with van der Waals surface area (Å²) >= 11 is 5.81. The molecule has 6 heteroatoms. The molecule has 0 spiro atoms. The number of aromatic nitrogens is 1. The first kappa shape index (κ1) is 17.5. The first-order valence-electron chi connectivity index (χ1n) is 8.60. The van der Waals surface area contributed by atoms with Gasteiger partial charge in [-0.1, -0.05) is 30.9 Å². The summed E-state index contributed by atoms with van der Waals surface area (Å²) in [5, 5.41) is 6.86. The van der Waals surface area contributed by atoms with Gasteiger partial charge in [0.2, 0.25) is 0 Å². The van der Waals surface area contributed by atoms with E-state index in [0.29, 0.717) is 22.5 Å². The zero-order valence-corrected chi connectivity index (χ0v) is 14.8. The van der Waals surface area contributed by atoms with E-state index in [1.807, 2.05) is 12.1 Å². The Morgan fingerprint density at radius 1 is 1.12 bits per heavy atom. The van der Waals surface area contributed by atoms with E-state index < -0.39 is 0 Å². The molecule has 0 atom stereocenters. The second-order valence-electron chi connectivity index (χ2n) is 6.20. The van der Waals surface area contributed by atoms with Crippen LogP contribution in [-0.4, -0.2) is 23.5 Å². The quantitative estimate of drug-likeness (QED) is 0.797. The molecule has 1 aromatic carbocycles. The van der Waals surface area contributed by atoms with Crippen LogP contribution in [0.15, 0.2) is 42.6 Å². The molecule has 3 rings (SSSR count). The van der Waals surface area contributed by atoms with Gasteiger partial charge in [0, 0.05) is 11.1 Å². The van der Waals surface area contributed by atoms with Crippen molar-refractivity contribution in [1.82, 2.24) is 4.98 Å². The van der Waals surface area contributed by atoms with E-state index in [0.717, 1.165) is 5.82 Å². The Morgan fingerprint density at radius 3 is 2.56 bits per heavy atom. The summed E-state index contributed by atoms with van der Waals surface area (Å²) in [5.74, 6) is 1.22. The smallest absolute Gasteiger partial charge is 0.262 e. The molecule has 132 valence electrons. The van der Waals surface area contributed by atoms with Gasteiger partial charge >= 0.3 is 0 Å². The lowest BCUT2D eigenvalue weighted by atomic mass is 9.95. The lowest BCUT2D eigenvalue weighted by Crippen LogP contribution is -2.23. The molecular formula is C19H22ClN3O2. The summed E-state index contributed by atoms with van der Waals surface area (Å²) in [5.41, 5.74) is 0.652. The van der Waals surface area contributed by atoms with Gasteiger partial charge in [0.05, 0.1) is 11.9 Å². The predicted octanol–water partition coefficient (Wildman–Crippen LogP) is 4.50. The predicted molar refractivity (Wildman–Crippen MR) is 100 cm³/mol. The highest BCUT2D eigenvalue weighted by Crippen LogP contribution is 2.21. The minimum absolute atomic E-state index is 0.0658. The molecule has 1 aliphatic rings. The number of benzene rings is 1. The van der Waals surface area contributed by atoms with E-state index in [2.05, 4.69) is 15.6 Å². The Labute approximate surface area is 152 Å². The molecule has 1 aliphatic carbocycles. The molecule has 2 aromatic rings. The summed E-state index contributed by atoms with van der Waals surface area (Å²) in [6.45, 7) is -0.0658. The van der Waals surface area contributed by atoms with Crippen LogP contribution in [0.2, 0.25) is 5.02 Å². The van der Waals surface area contributed by atoms with Gasteiger partial charge in [-0.25, -0.2) is 4.98 Å². The SMILES string of the molecule is O=C(COc1ccc(Cl)cc1)Nc1ccc(NC2CCCCC2)nc1. The molecule has 1 saturated carbocycles. The highest BCUT2D eigenvalue weighted by Gasteiger charge is 2.13. The fourth-order valence-electron chi connectivity index (χ4n) is 2.89. The average Bonchev–Trinajstić information content (AvgIpc) is 2.64. The van der Waals surface area contributed by atoms with Crippen LogP contribution >= 0.6 is 11.6 Å². The van der Waals surface area contributed by atoms with Crippen LogP contribution in [0.5, 0.6) is 5.75 Å². The topological polar surface area (TPSA) is 63.2 Å². The molecule has 1 heterocycles. The zero-order valence-electron chi connectivity index (χ0n) is 14.0. The highest BCUT2D eigenvalue weighted by molar-refractivity contribution is 6.30. The number of nitrogens with one attached hydrogen (secondary N) is 2. The van der Waals surface area contributed by atoms with Gasteiger partial charge in [-0.15, -0.1) is 0 Å². The number of pyridine rings is 1. The van der Waals surface area contributed by atoms with Crippen LogP contribution < -0.4 is 15.4 Å². The van der Waals surface area contributed by atoms with Crippen molar-refractivity contribution in [2.45, 2.75) is 38.1 Å². The van der Waals surface area contributed by atoms with E-state index in [1.54, 1.807) is 30.5 Å². The minimum Gasteiger partial charge on any atom is -0.484 e. The maximum absolute atomic E-state index is 11.9. The Morgan fingerprint density at radius 2 is 1.88 bits per heavy atom. The number of anilines is 2. The molecule has 1 fully saturated rings. The van der Waals surface area contributed by atoms with Gasteiger partial charge in [-0.2, -0.15) is 0 Å². The zero-order chi connectivity index (χ0) is 17.5. The summed E-state index contributed by atoms with van der Waals surface area (Å²) < 4.78 is 5.42. The third-order valence-corrected chi connectivity index (χ3v) is 4.44. The van der Waals surface area contributed by atoms with Crippen LogP contribution in [0, 0.1) is 0 Å². The van der Waals surface area contributed by atoms with Gasteiger partial charge in [0.25, 0.3) is 5.91 Å². The van der Waals surface area contributed by atoms with Crippen molar-refractivity contribution in [2.75, 3.05) is 17.2 Å². The minimum atomic E-state index is -0.232. The van der Waals surface area contributed by atoms with Crippen molar-refractivity contribution >= 4 is 29.0 Å². The summed E-state index contributed by atoms with van der Waals surface area (Å²) in [6.07, 6.45) is 7.93. The molecule has 1 aromatic heterocycles. The third-order valence-electron chi connectivity index (χ3n) is 4.19. The molecule has 0 radical (unpaired) electrons. The van der Waals surface area contributed by atoms with Crippen molar-refractivity contribution in [3.8, 4) is 5.75 Å². The normalized spacial score (nSPS) is 14.8. The Balaban J connectivity index is 1.45. The van der Waals surface area contributed by atoms with Gasteiger partial charge < -0.3 is 15.4 Å². The second kappa shape index (κ2) is 8.72. The van der Waals surface area contributed by atoms with Crippen LogP contribution in [0.25, 0.3) is 0 Å². The van der Waals surface area contributed by atoms with Crippen molar-refractivity contribution in [3.63, 3.8) is 0 Å². The lowest BCUT2D eigenvalue weighted by Gasteiger charge is -2.23. The molecule has 25 heavy (non-hydrogen) atoms. The number of rotatable bonds is 6. The molecule has 2 N–H and O–H groups in total. The summed E-state index contributed by atoms with van der Waals surface area (Å²) in [6, 6.07) is 11.1. The number of hydrogen-bond donors (Lipinski definition) is 2. The van der Waals surface area contributed by atoms with E-state index in [9.17, 15) is 4.79 Å². The number of hydrogen-bond acceptors (Lipinski definition) is 4. The van der Waals surface area contributed by atoms with Crippen molar-refractivity contribution in [3.05, 3.63) is 47.6 Å². The van der Waals surface area contributed by atoms with E-state index >= 15 is 0 Å². The number of ether oxygens (including phenoxy) is 1. The van der Waals surface area contributed by atoms with Crippen molar-refractivity contribution < 1.29 is 9.53 Å². The van der Waals surface area contributed by atoms with Gasteiger partial charge in [-0.3, -0.25) is 4.79 Å². The number of carbonyl (C=O) groups is 1. The summed E-state index contributed by atoms with van der Waals surface area (Å²) in [4.78, 5) is 16.3. The van der Waals surface area contributed by atoms with Crippen LogP contribution in [0.4, 0.5) is 11.5 Å². The molecule has 0 bridgehead atoms. The largest absolute Gasteiger partial charge is 0.484 e. The van der Waals surface area contributed by atoms with E-state index in [4.69, 9.17) is 16.3 Å². The highest BCUT2D eigenvalue weighted by atomic mass is 35.5. The molecule has 0 unspecified atom stereocenters. The monoisotopic (exact) mass is 359 g/mol. The van der Waals surface area contributed by atoms with E-state index in [1.165, 1.54) is 32.1 Å². The lowest BCUT2D eigenvalue weighted by molar-refractivity contribution is -0.118. The second-order valence-corrected chi connectivity index (χ2v) is 6.64. The third kappa shape index (κ3) is 5.64. The number of nitrogens with zero attached hydrogens (tertiary/aromatic N) is 1. The van der Waals surface area contributed by atoms with E-state index in [-0.39, 0.29) is 12.5 Å². The maximum atomic E-state index is 11.9. The molecule has 1 amide bonds. The molecular weight excluding hydrogens is 338 g/mol. The Bertz CT molecular complexity index is 683. The first-order valence-corrected chi connectivity index (χ1v) is 8.98. The van der Waals surface area contributed by atoms with Gasteiger partial charge in [0.1, 0.15) is 11.6 Å². The Hall–Kier alpha value is -2.27. The van der Waals surface area contributed by atoms with Crippen molar-refractivity contribution in [2.24, 2.45) is 0 Å². The standard InChI is InChI=1S/C19H22ClN3O2/c20-14-6-9-17(10-7-14)25-13-19(24)23-16-8-11-18(21-12-16)22-15-4-2-1-3-5-15/h6-12,15H,1-5,13H2,(H,21,22)(H,23,24). The number of amides is 1. The fourth-order valence-corrected chi connectivity index (χ4v) is 3.01. The van der Waals surface area contributed by atoms with Crippen LogP contribution in [-0.2, 0) is 4.79 Å². The molecule has 0 saturated heterocycles. The molecule has 5 nitrogen and oxygen atoms in total. The first-order chi connectivity index (χ1) is 12.2. The van der Waals surface area contributed by atoms with Crippen LogP contribution in [0.3, 0.4) is 0 Å². The maximum Gasteiger partial charge on any atom is 0.262 e. The average molecular weight is 360 g/mol. The van der Waals surface area contributed by atoms with Crippen molar-refractivity contribution in [1.29, 1.82) is 0 Å². The number of halogens is 1. The summed E-state index contributed by atoms with van der Waals surface area (Å²) in [7, 11) is 0.